The van der Waals surface area contributed by atoms with Crippen LogP contribution >= 0.6 is 0 Å². The number of hydrogen-bond acceptors (Lipinski definition) is 3. The Bertz CT molecular complexity index is 336. The molecule has 0 spiro atoms. The Labute approximate surface area is 136 Å². The quantitative estimate of drug-likeness (QED) is 0.537. The van der Waals surface area contributed by atoms with Gasteiger partial charge in [0.25, 0.3) is 0 Å². The zero-order valence-corrected chi connectivity index (χ0v) is 14.3. The van der Waals surface area contributed by atoms with Crippen molar-refractivity contribution in [3.8, 4) is 0 Å². The fourth-order valence-electron chi connectivity index (χ4n) is 2.12. The van der Waals surface area contributed by atoms with Crippen LogP contribution in [0.5, 0.6) is 0 Å². The molecule has 19 heavy (non-hydrogen) atoms. The Balaban J connectivity index is 0.00000324. The van der Waals surface area contributed by atoms with Crippen molar-refractivity contribution >= 4 is 17.8 Å². The summed E-state index contributed by atoms with van der Waals surface area (Å²) in [5, 5.41) is 5.58. The van der Waals surface area contributed by atoms with Gasteiger partial charge in [-0.05, 0) is 25.2 Å². The second-order valence-electron chi connectivity index (χ2n) is 5.29. The predicted octanol–water partition coefficient (Wildman–Crippen LogP) is -0.247. The third-order valence-corrected chi connectivity index (χ3v) is 3.37. The van der Waals surface area contributed by atoms with E-state index in [0.717, 1.165) is 19.3 Å². The number of nitrogens with zero attached hydrogens (tertiary/aromatic N) is 1. The summed E-state index contributed by atoms with van der Waals surface area (Å²) < 4.78 is 0. The summed E-state index contributed by atoms with van der Waals surface area (Å²) in [5.74, 6) is -0.631. The summed E-state index contributed by atoms with van der Waals surface area (Å²) in [5.41, 5.74) is -1.12. The Morgan fingerprint density at radius 3 is 2.32 bits per heavy atom. The molecule has 0 radical (unpaired) electrons. The molecule has 1 fully saturated rings. The zero-order valence-electron chi connectivity index (χ0n) is 12.3. The summed E-state index contributed by atoms with van der Waals surface area (Å²) >= 11 is 0. The van der Waals surface area contributed by atoms with Crippen LogP contribution in [0, 0.1) is 11.3 Å². The van der Waals surface area contributed by atoms with Gasteiger partial charge in [0.05, 0.1) is 5.41 Å². The van der Waals surface area contributed by atoms with Gasteiger partial charge in [0.2, 0.25) is 0 Å². The molecule has 1 N–H and O–H groups in total. The molecule has 1 saturated heterocycles. The second kappa shape index (κ2) is 8.02. The largest absolute Gasteiger partial charge is 1.00 e. The minimum atomic E-state index is -1.12. The number of imide groups is 2. The van der Waals surface area contributed by atoms with E-state index in [1.165, 1.54) is 0 Å². The van der Waals surface area contributed by atoms with Crippen molar-refractivity contribution in [1.29, 1.82) is 0 Å². The molecule has 1 heterocycles. The number of nitrogens with one attached hydrogen (secondary N) is 1. The van der Waals surface area contributed by atoms with Crippen molar-refractivity contribution in [2.45, 2.75) is 52.9 Å². The molecule has 6 heteroatoms. The van der Waals surface area contributed by atoms with Crippen LogP contribution in [-0.2, 0) is 9.59 Å². The van der Waals surface area contributed by atoms with E-state index in [2.05, 4.69) is 10.6 Å². The van der Waals surface area contributed by atoms with Gasteiger partial charge in [-0.3, -0.25) is 14.4 Å². The van der Waals surface area contributed by atoms with Crippen LogP contribution in [0.1, 0.15) is 52.9 Å². The average Bonchev–Trinajstić information content (AvgIpc) is 2.27. The average molecular weight is 276 g/mol. The summed E-state index contributed by atoms with van der Waals surface area (Å²) in [4.78, 5) is 35.1. The number of amides is 4. The van der Waals surface area contributed by atoms with E-state index in [9.17, 15) is 14.4 Å². The predicted molar refractivity (Wildman–Crippen MR) is 67.9 cm³/mol. The Morgan fingerprint density at radius 1 is 1.21 bits per heavy atom. The van der Waals surface area contributed by atoms with Crippen molar-refractivity contribution in [2.24, 2.45) is 11.3 Å². The topological polar surface area (TPSA) is 77.3 Å². The molecule has 0 saturated carbocycles. The molecule has 4 amide bonds. The van der Waals surface area contributed by atoms with E-state index in [0.29, 0.717) is 18.8 Å². The van der Waals surface area contributed by atoms with E-state index in [1.807, 2.05) is 20.8 Å². The van der Waals surface area contributed by atoms with Crippen LogP contribution in [0.2, 0.25) is 0 Å². The smallest absolute Gasteiger partial charge is 0.394 e. The van der Waals surface area contributed by atoms with Crippen LogP contribution < -0.4 is 34.9 Å². The Kier molecular flexibility index (Phi) is 7.86. The fourth-order valence-corrected chi connectivity index (χ4v) is 2.12. The number of carbonyl (C=O) groups excluding carboxylic acids is 3. The van der Waals surface area contributed by atoms with Gasteiger partial charge in [-0.15, -0.1) is 0 Å². The first-order valence-electron chi connectivity index (χ1n) is 6.54. The number of hydrogen-bond donors (Lipinski definition) is 1. The third-order valence-electron chi connectivity index (χ3n) is 3.37. The van der Waals surface area contributed by atoms with Crippen molar-refractivity contribution in [3.63, 3.8) is 0 Å². The van der Waals surface area contributed by atoms with Crippen LogP contribution in [0.4, 0.5) is 4.79 Å². The molecule has 0 aliphatic carbocycles. The van der Waals surface area contributed by atoms with E-state index < -0.39 is 23.3 Å². The molecular weight excluding hydrogens is 255 g/mol. The first-order valence-corrected chi connectivity index (χ1v) is 6.54. The molecule has 0 bridgehead atoms. The van der Waals surface area contributed by atoms with Crippen molar-refractivity contribution < 1.29 is 43.9 Å². The number of rotatable bonds is 6. The molecule has 1 aliphatic rings. The van der Waals surface area contributed by atoms with Gasteiger partial charge >= 0.3 is 29.6 Å². The normalized spacial score (nSPS) is 22.8. The first kappa shape index (κ1) is 18.6. The summed E-state index contributed by atoms with van der Waals surface area (Å²) in [7, 11) is 0. The van der Waals surface area contributed by atoms with Gasteiger partial charge in [-0.25, -0.2) is 0 Å². The minimum Gasteiger partial charge on any atom is -0.394 e. The van der Waals surface area contributed by atoms with Gasteiger partial charge in [-0.1, -0.05) is 33.6 Å². The van der Waals surface area contributed by atoms with Crippen LogP contribution in [-0.4, -0.2) is 17.8 Å². The van der Waals surface area contributed by atoms with Crippen molar-refractivity contribution in [2.75, 3.05) is 0 Å². The Hall–Kier alpha value is -0.390. The number of barbiturate groups is 1. The zero-order chi connectivity index (χ0) is 13.8. The molecule has 0 aromatic heterocycles. The van der Waals surface area contributed by atoms with Crippen LogP contribution in [0.25, 0.3) is 5.32 Å². The Morgan fingerprint density at radius 2 is 1.84 bits per heavy atom. The molecular formula is C13H21N2NaO3. The SMILES string of the molecule is CCCCC1(CCC(C)C)C(=O)[N-]C(=O)NC1=O.[Na+]. The van der Waals surface area contributed by atoms with E-state index in [1.54, 1.807) is 0 Å². The summed E-state index contributed by atoms with van der Waals surface area (Å²) in [6.07, 6.45) is 3.38. The van der Waals surface area contributed by atoms with E-state index >= 15 is 0 Å². The van der Waals surface area contributed by atoms with Gasteiger partial charge in [0, 0.05) is 0 Å². The third kappa shape index (κ3) is 4.58. The molecule has 1 atom stereocenters. The molecule has 5 nitrogen and oxygen atoms in total. The van der Waals surface area contributed by atoms with Gasteiger partial charge in [-0.2, -0.15) is 0 Å². The fraction of sp³-hybridized carbons (Fsp3) is 0.769. The molecule has 0 aromatic carbocycles. The van der Waals surface area contributed by atoms with Gasteiger partial charge in [0.1, 0.15) is 0 Å². The van der Waals surface area contributed by atoms with Crippen molar-refractivity contribution in [1.82, 2.24) is 5.32 Å². The molecule has 0 aromatic rings. The van der Waals surface area contributed by atoms with E-state index in [4.69, 9.17) is 0 Å². The maximum Gasteiger partial charge on any atom is 1.00 e. The van der Waals surface area contributed by atoms with Crippen molar-refractivity contribution in [3.05, 3.63) is 5.32 Å². The summed E-state index contributed by atoms with van der Waals surface area (Å²) in [6, 6.07) is -0.832. The van der Waals surface area contributed by atoms with Crippen LogP contribution in [0.3, 0.4) is 0 Å². The minimum absolute atomic E-state index is 0. The standard InChI is InChI=1S/C13H22N2O3.Na/c1-4-5-7-13(8-6-9(2)3)10(16)14-12(18)15-11(13)17;/h9H,4-8H2,1-3H3,(H2,14,15,16,17,18);/q;+1/p-1. The molecule has 102 valence electrons. The second-order valence-corrected chi connectivity index (χ2v) is 5.29. The summed E-state index contributed by atoms with van der Waals surface area (Å²) in [6.45, 7) is 6.09. The first-order chi connectivity index (χ1) is 8.42. The molecule has 1 rings (SSSR count). The number of unbranched alkanes of at least 4 members (excludes halogenated alkanes) is 1. The van der Waals surface area contributed by atoms with Crippen LogP contribution in [0.15, 0.2) is 0 Å². The molecule has 1 aliphatic heterocycles. The van der Waals surface area contributed by atoms with E-state index in [-0.39, 0.29) is 29.6 Å². The number of urea groups is 1. The maximum absolute atomic E-state index is 12.0. The van der Waals surface area contributed by atoms with Gasteiger partial charge in [0.15, 0.2) is 17.8 Å². The monoisotopic (exact) mass is 276 g/mol. The maximum atomic E-state index is 12.0. The number of carbonyl (C=O) groups is 3. The van der Waals surface area contributed by atoms with Gasteiger partial charge < -0.3 is 10.6 Å². The molecule has 1 unspecified atom stereocenters.